The predicted octanol–water partition coefficient (Wildman–Crippen LogP) is 3.54. The third kappa shape index (κ3) is 3.71. The van der Waals surface area contributed by atoms with E-state index >= 15 is 0 Å². The lowest BCUT2D eigenvalue weighted by molar-refractivity contribution is 0.685. The van der Waals surface area contributed by atoms with Crippen LogP contribution in [0.5, 0.6) is 0 Å². The number of benzene rings is 1. The van der Waals surface area contributed by atoms with Crippen LogP contribution in [0.25, 0.3) is 11.0 Å². The fourth-order valence-corrected chi connectivity index (χ4v) is 2.19. The summed E-state index contributed by atoms with van der Waals surface area (Å²) in [5, 5.41) is 6.54. The summed E-state index contributed by atoms with van der Waals surface area (Å²) in [5.41, 5.74) is 3.57. The highest BCUT2D eigenvalue weighted by Crippen LogP contribution is 2.22. The number of nitrogens with zero attached hydrogens (tertiary/aromatic N) is 4. The second-order valence-electron chi connectivity index (χ2n) is 5.92. The van der Waals surface area contributed by atoms with E-state index in [1.165, 1.54) is 11.9 Å². The van der Waals surface area contributed by atoms with Gasteiger partial charge in [-0.15, -0.1) is 0 Å². The van der Waals surface area contributed by atoms with Gasteiger partial charge in [0.15, 0.2) is 5.82 Å². The van der Waals surface area contributed by atoms with Crippen LogP contribution in [0, 0.1) is 12.8 Å². The minimum Gasteiger partial charge on any atom is -0.354 e. The Kier molecular flexibility index (Phi) is 4.32. The summed E-state index contributed by atoms with van der Waals surface area (Å²) in [6, 6.07) is 8.12. The van der Waals surface area contributed by atoms with Gasteiger partial charge in [-0.2, -0.15) is 0 Å². The molecular weight excluding hydrogens is 288 g/mol. The SMILES string of the molecule is Cc1cccc(Nc2ncnc3cnc(NCC(C)C)nc23)c1. The smallest absolute Gasteiger partial charge is 0.223 e. The molecule has 3 aromatic rings. The minimum absolute atomic E-state index is 0.520. The van der Waals surface area contributed by atoms with Crippen LogP contribution in [0.3, 0.4) is 0 Å². The van der Waals surface area contributed by atoms with Crippen LogP contribution in [-0.4, -0.2) is 26.5 Å². The first kappa shape index (κ1) is 15.1. The van der Waals surface area contributed by atoms with E-state index in [0.717, 1.165) is 12.2 Å². The summed E-state index contributed by atoms with van der Waals surface area (Å²) < 4.78 is 0. The molecule has 2 heterocycles. The maximum atomic E-state index is 4.56. The largest absolute Gasteiger partial charge is 0.354 e. The van der Waals surface area contributed by atoms with Gasteiger partial charge < -0.3 is 10.6 Å². The summed E-state index contributed by atoms with van der Waals surface area (Å²) in [5.74, 6) is 1.79. The Morgan fingerprint density at radius 1 is 1.13 bits per heavy atom. The van der Waals surface area contributed by atoms with Gasteiger partial charge in [-0.25, -0.2) is 19.9 Å². The first-order valence-corrected chi connectivity index (χ1v) is 7.67. The van der Waals surface area contributed by atoms with Crippen molar-refractivity contribution < 1.29 is 0 Å². The molecule has 0 saturated heterocycles. The zero-order valence-electron chi connectivity index (χ0n) is 13.5. The number of aryl methyl sites for hydroxylation is 1. The quantitative estimate of drug-likeness (QED) is 0.751. The van der Waals surface area contributed by atoms with E-state index in [0.29, 0.717) is 28.7 Å². The Hall–Kier alpha value is -2.76. The Morgan fingerprint density at radius 3 is 2.78 bits per heavy atom. The Morgan fingerprint density at radius 2 is 2.00 bits per heavy atom. The number of anilines is 3. The lowest BCUT2D eigenvalue weighted by Crippen LogP contribution is -2.11. The number of rotatable bonds is 5. The highest BCUT2D eigenvalue weighted by molar-refractivity contribution is 5.87. The molecule has 0 fully saturated rings. The predicted molar refractivity (Wildman–Crippen MR) is 92.9 cm³/mol. The summed E-state index contributed by atoms with van der Waals surface area (Å²) in [6.45, 7) is 7.16. The molecule has 0 unspecified atom stereocenters. The zero-order chi connectivity index (χ0) is 16.2. The van der Waals surface area contributed by atoms with E-state index in [1.54, 1.807) is 6.20 Å². The molecule has 23 heavy (non-hydrogen) atoms. The van der Waals surface area contributed by atoms with Gasteiger partial charge in [-0.3, -0.25) is 0 Å². The van der Waals surface area contributed by atoms with E-state index in [4.69, 9.17) is 0 Å². The van der Waals surface area contributed by atoms with Crippen LogP contribution in [-0.2, 0) is 0 Å². The molecule has 0 aliphatic carbocycles. The number of aromatic nitrogens is 4. The standard InChI is InChI=1S/C17H20N6/c1-11(2)8-18-17-19-9-14-15(23-17)16(21-10-20-14)22-13-6-4-5-12(3)7-13/h4-7,9-11H,8H2,1-3H3,(H,18,19,23)(H,20,21,22). The van der Waals surface area contributed by atoms with E-state index in [9.17, 15) is 0 Å². The molecule has 0 aliphatic rings. The molecule has 6 heteroatoms. The molecule has 0 aliphatic heterocycles. The Balaban J connectivity index is 1.94. The van der Waals surface area contributed by atoms with Crippen LogP contribution < -0.4 is 10.6 Å². The summed E-state index contributed by atoms with van der Waals surface area (Å²) >= 11 is 0. The number of fused-ring (bicyclic) bond motifs is 1. The van der Waals surface area contributed by atoms with Crippen molar-refractivity contribution in [3.8, 4) is 0 Å². The Labute approximate surface area is 135 Å². The first-order chi connectivity index (χ1) is 11.1. The average Bonchev–Trinajstić information content (AvgIpc) is 2.53. The lowest BCUT2D eigenvalue weighted by atomic mass is 10.2. The van der Waals surface area contributed by atoms with Crippen molar-refractivity contribution in [2.24, 2.45) is 5.92 Å². The molecule has 0 saturated carbocycles. The highest BCUT2D eigenvalue weighted by Gasteiger charge is 2.08. The molecule has 2 N–H and O–H groups in total. The third-order valence-electron chi connectivity index (χ3n) is 3.33. The minimum atomic E-state index is 0.520. The van der Waals surface area contributed by atoms with Crippen LogP contribution in [0.15, 0.2) is 36.8 Å². The average molecular weight is 308 g/mol. The summed E-state index contributed by atoms with van der Waals surface area (Å²) in [6.07, 6.45) is 3.24. The second kappa shape index (κ2) is 6.56. The molecule has 0 radical (unpaired) electrons. The van der Waals surface area contributed by atoms with Gasteiger partial charge in [-0.1, -0.05) is 26.0 Å². The monoisotopic (exact) mass is 308 g/mol. The van der Waals surface area contributed by atoms with E-state index in [2.05, 4.69) is 63.5 Å². The molecular formula is C17H20N6. The number of nitrogens with one attached hydrogen (secondary N) is 2. The summed E-state index contributed by atoms with van der Waals surface area (Å²) in [4.78, 5) is 17.4. The van der Waals surface area contributed by atoms with Gasteiger partial charge in [0.1, 0.15) is 17.4 Å². The van der Waals surface area contributed by atoms with Gasteiger partial charge in [0, 0.05) is 12.2 Å². The van der Waals surface area contributed by atoms with Crippen LogP contribution in [0.4, 0.5) is 17.5 Å². The molecule has 0 amide bonds. The molecule has 0 bridgehead atoms. The van der Waals surface area contributed by atoms with E-state index in [-0.39, 0.29) is 0 Å². The fraction of sp³-hybridized carbons (Fsp3) is 0.294. The molecule has 6 nitrogen and oxygen atoms in total. The summed E-state index contributed by atoms with van der Waals surface area (Å²) in [7, 11) is 0. The topological polar surface area (TPSA) is 75.6 Å². The molecule has 0 spiro atoms. The molecule has 1 aromatic carbocycles. The normalized spacial score (nSPS) is 11.0. The third-order valence-corrected chi connectivity index (χ3v) is 3.33. The van der Waals surface area contributed by atoms with Gasteiger partial charge in [0.25, 0.3) is 0 Å². The Bertz CT molecular complexity index is 815. The van der Waals surface area contributed by atoms with Gasteiger partial charge in [0.05, 0.1) is 6.20 Å². The zero-order valence-corrected chi connectivity index (χ0v) is 13.5. The van der Waals surface area contributed by atoms with E-state index in [1.807, 2.05) is 12.1 Å². The van der Waals surface area contributed by atoms with Gasteiger partial charge >= 0.3 is 0 Å². The van der Waals surface area contributed by atoms with Crippen molar-refractivity contribution in [2.75, 3.05) is 17.2 Å². The number of hydrogen-bond donors (Lipinski definition) is 2. The van der Waals surface area contributed by atoms with Crippen LogP contribution in [0.2, 0.25) is 0 Å². The van der Waals surface area contributed by atoms with Crippen molar-refractivity contribution in [1.29, 1.82) is 0 Å². The first-order valence-electron chi connectivity index (χ1n) is 7.67. The second-order valence-corrected chi connectivity index (χ2v) is 5.92. The molecule has 118 valence electrons. The van der Waals surface area contributed by atoms with Gasteiger partial charge in [-0.05, 0) is 30.5 Å². The highest BCUT2D eigenvalue weighted by atomic mass is 15.1. The van der Waals surface area contributed by atoms with Crippen molar-refractivity contribution in [1.82, 2.24) is 19.9 Å². The van der Waals surface area contributed by atoms with Gasteiger partial charge in [0.2, 0.25) is 5.95 Å². The molecule has 0 atom stereocenters. The van der Waals surface area contributed by atoms with E-state index < -0.39 is 0 Å². The molecule has 3 rings (SSSR count). The number of hydrogen-bond acceptors (Lipinski definition) is 6. The van der Waals surface area contributed by atoms with Crippen molar-refractivity contribution in [2.45, 2.75) is 20.8 Å². The van der Waals surface area contributed by atoms with Crippen LogP contribution in [0.1, 0.15) is 19.4 Å². The lowest BCUT2D eigenvalue weighted by Gasteiger charge is -2.10. The fourth-order valence-electron chi connectivity index (χ4n) is 2.19. The maximum Gasteiger partial charge on any atom is 0.223 e. The maximum absolute atomic E-state index is 4.56. The van der Waals surface area contributed by atoms with Crippen molar-refractivity contribution >= 4 is 28.5 Å². The van der Waals surface area contributed by atoms with Crippen LogP contribution >= 0.6 is 0 Å². The van der Waals surface area contributed by atoms with Crippen molar-refractivity contribution in [3.05, 3.63) is 42.4 Å². The molecule has 2 aromatic heterocycles. The van der Waals surface area contributed by atoms with Crippen molar-refractivity contribution in [3.63, 3.8) is 0 Å².